The first kappa shape index (κ1) is 9.00. The van der Waals surface area contributed by atoms with Crippen LogP contribution in [0.15, 0.2) is 66.3 Å². The van der Waals surface area contributed by atoms with Crippen molar-refractivity contribution >= 4 is 16.8 Å². The Labute approximate surface area is 101 Å². The molecule has 4 rings (SSSR count). The average Bonchev–Trinajstić information content (AvgIpc) is 2.86. The summed E-state index contributed by atoms with van der Waals surface area (Å²) in [5.41, 5.74) is 4.23. The van der Waals surface area contributed by atoms with Gasteiger partial charge in [-0.3, -0.25) is 0 Å². The largest absolute Gasteiger partial charge is 0.0726 e. The van der Waals surface area contributed by atoms with Crippen LogP contribution in [0.1, 0.15) is 17.0 Å². The molecule has 0 aromatic heterocycles. The molecule has 80 valence electrons. The van der Waals surface area contributed by atoms with E-state index in [0.29, 0.717) is 5.92 Å². The number of benzene rings is 2. The van der Waals surface area contributed by atoms with Crippen molar-refractivity contribution in [3.8, 4) is 0 Å². The van der Waals surface area contributed by atoms with Crippen molar-refractivity contribution in [3.63, 3.8) is 0 Å². The summed E-state index contributed by atoms with van der Waals surface area (Å²) >= 11 is 0. The molecule has 0 nitrogen and oxygen atoms in total. The van der Waals surface area contributed by atoms with Gasteiger partial charge in [-0.2, -0.15) is 0 Å². The molecule has 17 heavy (non-hydrogen) atoms. The van der Waals surface area contributed by atoms with Gasteiger partial charge in [-0.25, -0.2) is 0 Å². The normalized spacial score (nSPS) is 20.2. The Bertz CT molecular complexity index is 699. The van der Waals surface area contributed by atoms with Gasteiger partial charge in [0.15, 0.2) is 0 Å². The maximum atomic E-state index is 2.28. The van der Waals surface area contributed by atoms with Gasteiger partial charge in [-0.15, -0.1) is 0 Å². The van der Waals surface area contributed by atoms with E-state index in [9.17, 15) is 0 Å². The number of fused-ring (bicyclic) bond motifs is 5. The lowest BCUT2D eigenvalue weighted by Crippen LogP contribution is -2.02. The van der Waals surface area contributed by atoms with Crippen LogP contribution in [0, 0.1) is 0 Å². The molecule has 0 aliphatic heterocycles. The molecule has 0 radical (unpaired) electrons. The zero-order chi connectivity index (χ0) is 11.2. The standard InChI is InChI=1S/C17H12/c1-2-6-14-12(4-1)8-10-17-15-7-3-5-13(15)9-11-16(14)17/h1-11,15H. The first-order valence-corrected chi connectivity index (χ1v) is 6.01. The molecule has 1 atom stereocenters. The highest BCUT2D eigenvalue weighted by Gasteiger charge is 2.21. The predicted molar refractivity (Wildman–Crippen MR) is 72.9 cm³/mol. The highest BCUT2D eigenvalue weighted by Crippen LogP contribution is 2.40. The topological polar surface area (TPSA) is 0 Å². The monoisotopic (exact) mass is 216 g/mol. The van der Waals surface area contributed by atoms with Crippen molar-refractivity contribution in [2.45, 2.75) is 5.92 Å². The summed E-state index contributed by atoms with van der Waals surface area (Å²) in [5.74, 6) is 0.472. The lowest BCUT2D eigenvalue weighted by Gasteiger charge is -2.20. The molecule has 0 saturated heterocycles. The summed E-state index contributed by atoms with van der Waals surface area (Å²) < 4.78 is 0. The number of hydrogen-bond donors (Lipinski definition) is 0. The molecule has 0 N–H and O–H groups in total. The van der Waals surface area contributed by atoms with Crippen LogP contribution in [0.5, 0.6) is 0 Å². The van der Waals surface area contributed by atoms with Crippen LogP contribution in [0.4, 0.5) is 0 Å². The third kappa shape index (κ3) is 1.18. The fourth-order valence-electron chi connectivity index (χ4n) is 2.88. The van der Waals surface area contributed by atoms with Gasteiger partial charge in [0.05, 0.1) is 0 Å². The minimum absolute atomic E-state index is 0.472. The van der Waals surface area contributed by atoms with E-state index in [1.165, 1.54) is 27.5 Å². The third-order valence-corrected chi connectivity index (χ3v) is 3.73. The minimum atomic E-state index is 0.472. The first-order chi connectivity index (χ1) is 8.43. The molecule has 2 aromatic carbocycles. The van der Waals surface area contributed by atoms with E-state index < -0.39 is 0 Å². The SMILES string of the molecule is C1=CC2C(=C1)C=Cc1c2ccc2ccccc12. The molecule has 2 aliphatic rings. The van der Waals surface area contributed by atoms with Crippen LogP contribution in [-0.4, -0.2) is 0 Å². The van der Waals surface area contributed by atoms with Gasteiger partial charge in [0.1, 0.15) is 0 Å². The van der Waals surface area contributed by atoms with Crippen LogP contribution in [0.2, 0.25) is 0 Å². The van der Waals surface area contributed by atoms with Crippen LogP contribution in [0.25, 0.3) is 16.8 Å². The van der Waals surface area contributed by atoms with Crippen molar-refractivity contribution in [2.75, 3.05) is 0 Å². The van der Waals surface area contributed by atoms with Gasteiger partial charge in [0.25, 0.3) is 0 Å². The summed E-state index contributed by atoms with van der Waals surface area (Å²) in [6.07, 6.45) is 11.2. The fourth-order valence-corrected chi connectivity index (χ4v) is 2.88. The minimum Gasteiger partial charge on any atom is -0.0726 e. The zero-order valence-corrected chi connectivity index (χ0v) is 9.43. The second-order valence-electron chi connectivity index (χ2n) is 4.65. The van der Waals surface area contributed by atoms with Crippen molar-refractivity contribution < 1.29 is 0 Å². The van der Waals surface area contributed by atoms with Crippen LogP contribution < -0.4 is 0 Å². The predicted octanol–water partition coefficient (Wildman–Crippen LogP) is 4.45. The molecule has 0 heterocycles. The molecular weight excluding hydrogens is 204 g/mol. The lowest BCUT2D eigenvalue weighted by molar-refractivity contribution is 1.04. The van der Waals surface area contributed by atoms with Crippen molar-refractivity contribution in [3.05, 3.63) is 77.4 Å². The van der Waals surface area contributed by atoms with E-state index in [1.54, 1.807) is 0 Å². The molecule has 0 spiro atoms. The van der Waals surface area contributed by atoms with E-state index in [-0.39, 0.29) is 0 Å². The van der Waals surface area contributed by atoms with Gasteiger partial charge in [-0.05, 0) is 27.5 Å². The Hall–Kier alpha value is -2.08. The maximum absolute atomic E-state index is 2.28. The van der Waals surface area contributed by atoms with Crippen molar-refractivity contribution in [2.24, 2.45) is 0 Å². The van der Waals surface area contributed by atoms with Gasteiger partial charge >= 0.3 is 0 Å². The highest BCUT2D eigenvalue weighted by atomic mass is 14.2. The molecule has 1 unspecified atom stereocenters. The second-order valence-corrected chi connectivity index (χ2v) is 4.65. The quantitative estimate of drug-likeness (QED) is 0.610. The molecule has 0 bridgehead atoms. The van der Waals surface area contributed by atoms with Gasteiger partial charge < -0.3 is 0 Å². The lowest BCUT2D eigenvalue weighted by atomic mass is 9.83. The van der Waals surface area contributed by atoms with E-state index in [1.807, 2.05) is 0 Å². The van der Waals surface area contributed by atoms with Crippen molar-refractivity contribution in [1.82, 2.24) is 0 Å². The van der Waals surface area contributed by atoms with E-state index >= 15 is 0 Å². The van der Waals surface area contributed by atoms with Crippen LogP contribution in [-0.2, 0) is 0 Å². The summed E-state index contributed by atoms with van der Waals surface area (Å²) in [6, 6.07) is 13.1. The Kier molecular flexibility index (Phi) is 1.70. The average molecular weight is 216 g/mol. The zero-order valence-electron chi connectivity index (χ0n) is 9.43. The Morgan fingerprint density at radius 1 is 0.882 bits per heavy atom. The van der Waals surface area contributed by atoms with E-state index in [2.05, 4.69) is 66.8 Å². The van der Waals surface area contributed by atoms with Gasteiger partial charge in [-0.1, -0.05) is 66.8 Å². The summed E-state index contributed by atoms with van der Waals surface area (Å²) in [6.45, 7) is 0. The molecule has 0 amide bonds. The maximum Gasteiger partial charge on any atom is 0.0278 e. The van der Waals surface area contributed by atoms with Crippen LogP contribution >= 0.6 is 0 Å². The fraction of sp³-hybridized carbons (Fsp3) is 0.0588. The van der Waals surface area contributed by atoms with Gasteiger partial charge in [0.2, 0.25) is 0 Å². The smallest absolute Gasteiger partial charge is 0.0278 e. The molecule has 2 aromatic rings. The first-order valence-electron chi connectivity index (χ1n) is 6.01. The van der Waals surface area contributed by atoms with E-state index in [4.69, 9.17) is 0 Å². The second kappa shape index (κ2) is 3.21. The summed E-state index contributed by atoms with van der Waals surface area (Å²) in [4.78, 5) is 0. The molecule has 0 heteroatoms. The summed E-state index contributed by atoms with van der Waals surface area (Å²) in [7, 11) is 0. The third-order valence-electron chi connectivity index (χ3n) is 3.73. The molecule has 0 fully saturated rings. The van der Waals surface area contributed by atoms with Gasteiger partial charge in [0, 0.05) is 5.92 Å². The highest BCUT2D eigenvalue weighted by molar-refractivity contribution is 5.93. The Morgan fingerprint density at radius 2 is 1.82 bits per heavy atom. The number of allylic oxidation sites excluding steroid dienone is 5. The molecular formula is C17H12. The van der Waals surface area contributed by atoms with Crippen LogP contribution in [0.3, 0.4) is 0 Å². The molecule has 2 aliphatic carbocycles. The van der Waals surface area contributed by atoms with E-state index in [0.717, 1.165) is 0 Å². The Morgan fingerprint density at radius 3 is 2.82 bits per heavy atom. The Balaban J connectivity index is 2.09. The number of rotatable bonds is 0. The molecule has 0 saturated carbocycles. The summed E-state index contributed by atoms with van der Waals surface area (Å²) in [5, 5.41) is 2.69. The number of hydrogen-bond acceptors (Lipinski definition) is 0. The van der Waals surface area contributed by atoms with Crippen molar-refractivity contribution in [1.29, 1.82) is 0 Å².